The maximum atomic E-state index is 13.0. The minimum Gasteiger partial charge on any atom is -0.497 e. The van der Waals surface area contributed by atoms with Gasteiger partial charge in [0.05, 0.1) is 13.5 Å². The van der Waals surface area contributed by atoms with Gasteiger partial charge in [-0.15, -0.1) is 0 Å². The molecular formula is C22H34N2O2. The van der Waals surface area contributed by atoms with Crippen molar-refractivity contribution in [1.29, 1.82) is 0 Å². The van der Waals surface area contributed by atoms with Gasteiger partial charge >= 0.3 is 0 Å². The van der Waals surface area contributed by atoms with Crippen LogP contribution in [0, 0.1) is 5.92 Å². The number of amides is 1. The summed E-state index contributed by atoms with van der Waals surface area (Å²) >= 11 is 0. The zero-order chi connectivity index (χ0) is 18.5. The van der Waals surface area contributed by atoms with Crippen molar-refractivity contribution in [3.63, 3.8) is 0 Å². The maximum absolute atomic E-state index is 13.0. The van der Waals surface area contributed by atoms with E-state index in [4.69, 9.17) is 4.74 Å². The molecule has 2 atom stereocenters. The van der Waals surface area contributed by atoms with Gasteiger partial charge in [0.2, 0.25) is 5.91 Å². The summed E-state index contributed by atoms with van der Waals surface area (Å²) in [5.41, 5.74) is 1.06. The number of hydrogen-bond donors (Lipinski definition) is 0. The van der Waals surface area contributed by atoms with Crippen LogP contribution in [0.2, 0.25) is 0 Å². The van der Waals surface area contributed by atoms with Gasteiger partial charge in [0, 0.05) is 18.6 Å². The second-order valence-electron chi connectivity index (χ2n) is 8.17. The lowest BCUT2D eigenvalue weighted by atomic mass is 9.83. The molecule has 0 aliphatic carbocycles. The topological polar surface area (TPSA) is 32.8 Å². The average Bonchev–Trinajstić information content (AvgIpc) is 2.66. The maximum Gasteiger partial charge on any atom is 0.227 e. The number of rotatable bonds is 6. The molecule has 1 amide bonds. The van der Waals surface area contributed by atoms with Crippen molar-refractivity contribution in [2.24, 2.45) is 5.92 Å². The first kappa shape index (κ1) is 19.2. The SMILES string of the molecule is COc1ccc(CC(=O)N(C[C@@H]2CCCN3CCCC[C@H]23)C(C)C)cc1. The van der Waals surface area contributed by atoms with E-state index in [9.17, 15) is 4.79 Å². The van der Waals surface area contributed by atoms with Crippen molar-refractivity contribution >= 4 is 5.91 Å². The Morgan fingerprint density at radius 1 is 1.15 bits per heavy atom. The second-order valence-corrected chi connectivity index (χ2v) is 8.17. The van der Waals surface area contributed by atoms with Gasteiger partial charge in [-0.2, -0.15) is 0 Å². The summed E-state index contributed by atoms with van der Waals surface area (Å²) in [5, 5.41) is 0. The highest BCUT2D eigenvalue weighted by molar-refractivity contribution is 5.79. The molecule has 2 aliphatic rings. The molecule has 2 aliphatic heterocycles. The van der Waals surface area contributed by atoms with Gasteiger partial charge in [-0.1, -0.05) is 18.6 Å². The first-order valence-corrected chi connectivity index (χ1v) is 10.2. The number of carbonyl (C=O) groups is 1. The molecule has 4 heteroatoms. The van der Waals surface area contributed by atoms with Crippen LogP contribution in [0.1, 0.15) is 51.5 Å². The predicted molar refractivity (Wildman–Crippen MR) is 105 cm³/mol. The number of methoxy groups -OCH3 is 1. The third-order valence-electron chi connectivity index (χ3n) is 6.12. The molecule has 0 N–H and O–H groups in total. The summed E-state index contributed by atoms with van der Waals surface area (Å²) in [6.45, 7) is 7.71. The van der Waals surface area contributed by atoms with Gasteiger partial charge in [0.15, 0.2) is 0 Å². The molecule has 0 aromatic heterocycles. The molecule has 0 bridgehead atoms. The van der Waals surface area contributed by atoms with Gasteiger partial charge in [-0.3, -0.25) is 4.79 Å². The monoisotopic (exact) mass is 358 g/mol. The van der Waals surface area contributed by atoms with Crippen molar-refractivity contribution in [3.8, 4) is 5.75 Å². The smallest absolute Gasteiger partial charge is 0.227 e. The number of hydrogen-bond acceptors (Lipinski definition) is 3. The Balaban J connectivity index is 1.64. The van der Waals surface area contributed by atoms with Gasteiger partial charge in [-0.25, -0.2) is 0 Å². The van der Waals surface area contributed by atoms with E-state index in [1.165, 1.54) is 45.2 Å². The molecule has 26 heavy (non-hydrogen) atoms. The third kappa shape index (κ3) is 4.59. The van der Waals surface area contributed by atoms with Gasteiger partial charge < -0.3 is 14.5 Å². The van der Waals surface area contributed by atoms with E-state index in [2.05, 4.69) is 23.6 Å². The Labute approximate surface area is 158 Å². The summed E-state index contributed by atoms with van der Waals surface area (Å²) < 4.78 is 5.21. The van der Waals surface area contributed by atoms with Crippen LogP contribution >= 0.6 is 0 Å². The van der Waals surface area contributed by atoms with Crippen LogP contribution in [-0.4, -0.2) is 54.5 Å². The Morgan fingerprint density at radius 3 is 2.58 bits per heavy atom. The van der Waals surface area contributed by atoms with Crippen molar-refractivity contribution in [3.05, 3.63) is 29.8 Å². The molecule has 0 spiro atoms. The van der Waals surface area contributed by atoms with E-state index in [-0.39, 0.29) is 11.9 Å². The first-order valence-electron chi connectivity index (χ1n) is 10.2. The number of benzene rings is 1. The second kappa shape index (κ2) is 8.90. The molecule has 0 unspecified atom stereocenters. The molecule has 0 radical (unpaired) electrons. The third-order valence-corrected chi connectivity index (χ3v) is 6.12. The van der Waals surface area contributed by atoms with Crippen molar-refractivity contribution in [2.45, 2.75) is 64.5 Å². The highest BCUT2D eigenvalue weighted by Crippen LogP contribution is 2.32. The summed E-state index contributed by atoms with van der Waals surface area (Å²) in [7, 11) is 1.67. The minimum atomic E-state index is 0.248. The minimum absolute atomic E-state index is 0.248. The Kier molecular flexibility index (Phi) is 6.58. The summed E-state index contributed by atoms with van der Waals surface area (Å²) in [5.74, 6) is 1.71. The van der Waals surface area contributed by atoms with Crippen LogP contribution in [0.5, 0.6) is 5.75 Å². The number of piperidine rings is 2. The average molecular weight is 359 g/mol. The molecule has 144 valence electrons. The lowest BCUT2D eigenvalue weighted by Crippen LogP contribution is -2.52. The molecule has 1 aromatic rings. The van der Waals surface area contributed by atoms with Crippen molar-refractivity contribution in [1.82, 2.24) is 9.80 Å². The quantitative estimate of drug-likeness (QED) is 0.777. The zero-order valence-electron chi connectivity index (χ0n) is 16.6. The lowest BCUT2D eigenvalue weighted by Gasteiger charge is -2.46. The van der Waals surface area contributed by atoms with E-state index in [0.29, 0.717) is 18.4 Å². The molecule has 4 nitrogen and oxygen atoms in total. The van der Waals surface area contributed by atoms with Crippen LogP contribution < -0.4 is 4.74 Å². The number of nitrogens with zero attached hydrogens (tertiary/aromatic N) is 2. The molecule has 2 fully saturated rings. The van der Waals surface area contributed by atoms with Crippen molar-refractivity contribution < 1.29 is 9.53 Å². The highest BCUT2D eigenvalue weighted by atomic mass is 16.5. The number of carbonyl (C=O) groups excluding carboxylic acids is 1. The fraction of sp³-hybridized carbons (Fsp3) is 0.682. The van der Waals surface area contributed by atoms with Crippen LogP contribution in [0.4, 0.5) is 0 Å². The van der Waals surface area contributed by atoms with Crippen LogP contribution in [0.15, 0.2) is 24.3 Å². The molecule has 2 saturated heterocycles. The van der Waals surface area contributed by atoms with E-state index < -0.39 is 0 Å². The van der Waals surface area contributed by atoms with E-state index in [1.807, 2.05) is 24.3 Å². The Morgan fingerprint density at radius 2 is 1.88 bits per heavy atom. The van der Waals surface area contributed by atoms with E-state index >= 15 is 0 Å². The molecular weight excluding hydrogens is 324 g/mol. The number of ether oxygens (including phenoxy) is 1. The zero-order valence-corrected chi connectivity index (χ0v) is 16.6. The van der Waals surface area contributed by atoms with Gasteiger partial charge in [0.25, 0.3) is 0 Å². The van der Waals surface area contributed by atoms with Gasteiger partial charge in [-0.05, 0) is 76.2 Å². The summed E-state index contributed by atoms with van der Waals surface area (Å²) in [6.07, 6.45) is 7.01. The fourth-order valence-electron chi connectivity index (χ4n) is 4.66. The Bertz CT molecular complexity index is 582. The molecule has 0 saturated carbocycles. The van der Waals surface area contributed by atoms with Crippen LogP contribution in [-0.2, 0) is 11.2 Å². The van der Waals surface area contributed by atoms with E-state index in [1.54, 1.807) is 7.11 Å². The van der Waals surface area contributed by atoms with Crippen LogP contribution in [0.25, 0.3) is 0 Å². The first-order chi connectivity index (χ1) is 12.6. The standard InChI is InChI=1S/C22H34N2O2/c1-17(2)24(22(25)15-18-9-11-20(26-3)12-10-18)16-19-7-6-14-23-13-5-4-8-21(19)23/h9-12,17,19,21H,4-8,13-16H2,1-3H3/t19-,21+/m0/s1. The van der Waals surface area contributed by atoms with E-state index in [0.717, 1.165) is 17.9 Å². The lowest BCUT2D eigenvalue weighted by molar-refractivity contribution is -0.133. The summed E-state index contributed by atoms with van der Waals surface area (Å²) in [6, 6.07) is 8.80. The van der Waals surface area contributed by atoms with Gasteiger partial charge in [0.1, 0.15) is 5.75 Å². The molecule has 3 rings (SSSR count). The highest BCUT2D eigenvalue weighted by Gasteiger charge is 2.35. The van der Waals surface area contributed by atoms with Crippen LogP contribution in [0.3, 0.4) is 0 Å². The fourth-order valence-corrected chi connectivity index (χ4v) is 4.66. The van der Waals surface area contributed by atoms with Crippen molar-refractivity contribution in [2.75, 3.05) is 26.7 Å². The predicted octanol–water partition coefficient (Wildman–Crippen LogP) is 3.74. The normalized spacial score (nSPS) is 23.5. The molecule has 2 heterocycles. The number of fused-ring (bicyclic) bond motifs is 1. The summed E-state index contributed by atoms with van der Waals surface area (Å²) in [4.78, 5) is 17.8. The largest absolute Gasteiger partial charge is 0.497 e. The Hall–Kier alpha value is -1.55. The molecule has 1 aromatic carbocycles.